The normalized spacial score (nSPS) is 13.1. The van der Waals surface area contributed by atoms with Gasteiger partial charge in [-0.2, -0.15) is 0 Å². The Morgan fingerprint density at radius 3 is 2.60 bits per heavy atom. The maximum atomic E-state index is 12.5. The summed E-state index contributed by atoms with van der Waals surface area (Å²) in [7, 11) is 3.20. The van der Waals surface area contributed by atoms with Crippen LogP contribution in [0.25, 0.3) is 0 Å². The number of methoxy groups -OCH3 is 2. The van der Waals surface area contributed by atoms with Crippen LogP contribution in [-0.4, -0.2) is 26.7 Å². The van der Waals surface area contributed by atoms with Crippen molar-refractivity contribution in [3.63, 3.8) is 0 Å². The predicted octanol–water partition coefficient (Wildman–Crippen LogP) is 3.58. The molecule has 0 fully saturated rings. The van der Waals surface area contributed by atoms with Gasteiger partial charge in [-0.1, -0.05) is 6.07 Å². The Labute approximate surface area is 154 Å². The Bertz CT molecular complexity index is 764. The molecule has 1 aliphatic rings. The molecule has 1 unspecified atom stereocenters. The number of carbonyl (C=O) groups excluding carboxylic acids is 1. The van der Waals surface area contributed by atoms with Crippen LogP contribution in [0, 0.1) is 0 Å². The van der Waals surface area contributed by atoms with Crippen LogP contribution in [0.2, 0.25) is 0 Å². The molecule has 0 aromatic heterocycles. The fourth-order valence-electron chi connectivity index (χ4n) is 2.93. The van der Waals surface area contributed by atoms with E-state index < -0.39 is 0 Å². The largest absolute Gasteiger partial charge is 0.493 e. The van der Waals surface area contributed by atoms with Crippen LogP contribution in [0.5, 0.6) is 11.5 Å². The lowest BCUT2D eigenvalue weighted by molar-refractivity contribution is 0.0939. The minimum absolute atomic E-state index is 0. The Morgan fingerprint density at radius 2 is 1.88 bits per heavy atom. The third-order valence-corrected chi connectivity index (χ3v) is 4.33. The molecule has 1 heterocycles. The van der Waals surface area contributed by atoms with Gasteiger partial charge in [-0.05, 0) is 54.8 Å². The maximum Gasteiger partial charge on any atom is 0.251 e. The number of nitrogens with one attached hydrogen (secondary N) is 2. The van der Waals surface area contributed by atoms with E-state index in [1.807, 2.05) is 43.3 Å². The van der Waals surface area contributed by atoms with E-state index >= 15 is 0 Å². The minimum Gasteiger partial charge on any atom is -0.493 e. The molecule has 1 atom stereocenters. The molecule has 1 aliphatic heterocycles. The first kappa shape index (κ1) is 18.9. The number of ether oxygens (including phenoxy) is 2. The fraction of sp³-hybridized carbons (Fsp3) is 0.316. The van der Waals surface area contributed by atoms with E-state index in [1.165, 1.54) is 5.56 Å². The summed E-state index contributed by atoms with van der Waals surface area (Å²) in [5, 5.41) is 6.34. The summed E-state index contributed by atoms with van der Waals surface area (Å²) in [6.45, 7) is 2.89. The molecule has 2 aromatic carbocycles. The molecule has 0 bridgehead atoms. The number of fused-ring (bicyclic) bond motifs is 1. The highest BCUT2D eigenvalue weighted by Crippen LogP contribution is 2.30. The number of benzene rings is 2. The van der Waals surface area contributed by atoms with E-state index in [1.54, 1.807) is 14.2 Å². The van der Waals surface area contributed by atoms with Crippen molar-refractivity contribution in [3.8, 4) is 11.5 Å². The fourth-order valence-corrected chi connectivity index (χ4v) is 2.93. The molecular formula is C19H23ClN2O3. The van der Waals surface area contributed by atoms with Crippen molar-refractivity contribution >= 4 is 24.0 Å². The van der Waals surface area contributed by atoms with Crippen molar-refractivity contribution in [2.24, 2.45) is 0 Å². The summed E-state index contributed by atoms with van der Waals surface area (Å²) in [4.78, 5) is 12.5. The van der Waals surface area contributed by atoms with Crippen LogP contribution < -0.4 is 20.1 Å². The van der Waals surface area contributed by atoms with Crippen LogP contribution in [0.3, 0.4) is 0 Å². The summed E-state index contributed by atoms with van der Waals surface area (Å²) in [5.74, 6) is 1.25. The molecule has 2 aromatic rings. The highest BCUT2D eigenvalue weighted by molar-refractivity contribution is 5.95. The van der Waals surface area contributed by atoms with Crippen molar-refractivity contribution in [1.82, 2.24) is 5.32 Å². The smallest absolute Gasteiger partial charge is 0.251 e. The summed E-state index contributed by atoms with van der Waals surface area (Å²) in [6, 6.07) is 11.3. The molecule has 5 nitrogen and oxygen atoms in total. The number of hydrogen-bond donors (Lipinski definition) is 2. The molecule has 0 radical (unpaired) electrons. The van der Waals surface area contributed by atoms with E-state index in [-0.39, 0.29) is 24.4 Å². The standard InChI is InChI=1S/C19H22N2O3.ClH/c1-12(13-5-7-17(23-2)18(11-13)24-3)21-19(22)15-4-6-16-14(10-15)8-9-20-16;/h4-7,10-12,20H,8-9H2,1-3H3,(H,21,22);1H. The van der Waals surface area contributed by atoms with E-state index in [2.05, 4.69) is 10.6 Å². The number of halogens is 1. The summed E-state index contributed by atoms with van der Waals surface area (Å²) >= 11 is 0. The lowest BCUT2D eigenvalue weighted by atomic mass is 10.1. The number of anilines is 1. The molecule has 0 saturated carbocycles. The lowest BCUT2D eigenvalue weighted by Crippen LogP contribution is -2.26. The van der Waals surface area contributed by atoms with E-state index in [9.17, 15) is 4.79 Å². The average Bonchev–Trinajstić information content (AvgIpc) is 3.08. The molecule has 0 aliphatic carbocycles. The zero-order valence-corrected chi connectivity index (χ0v) is 15.4. The van der Waals surface area contributed by atoms with Gasteiger partial charge in [-0.25, -0.2) is 0 Å². The van der Waals surface area contributed by atoms with Gasteiger partial charge in [0, 0.05) is 17.8 Å². The zero-order valence-electron chi connectivity index (χ0n) is 14.6. The van der Waals surface area contributed by atoms with Crippen molar-refractivity contribution in [1.29, 1.82) is 0 Å². The van der Waals surface area contributed by atoms with Gasteiger partial charge in [0.2, 0.25) is 0 Å². The highest BCUT2D eigenvalue weighted by atomic mass is 35.5. The SMILES string of the molecule is COc1ccc(C(C)NC(=O)c2ccc3c(c2)CCN3)cc1OC.Cl. The Morgan fingerprint density at radius 1 is 1.12 bits per heavy atom. The van der Waals surface area contributed by atoms with Gasteiger partial charge in [-0.15, -0.1) is 12.4 Å². The highest BCUT2D eigenvalue weighted by Gasteiger charge is 2.16. The van der Waals surface area contributed by atoms with Crippen molar-refractivity contribution in [2.45, 2.75) is 19.4 Å². The van der Waals surface area contributed by atoms with Gasteiger partial charge in [0.05, 0.1) is 20.3 Å². The van der Waals surface area contributed by atoms with E-state index in [0.717, 1.165) is 24.2 Å². The van der Waals surface area contributed by atoms with Gasteiger partial charge in [-0.3, -0.25) is 4.79 Å². The van der Waals surface area contributed by atoms with Crippen LogP contribution in [0.1, 0.15) is 34.5 Å². The van der Waals surface area contributed by atoms with Gasteiger partial charge in [0.25, 0.3) is 5.91 Å². The van der Waals surface area contributed by atoms with Gasteiger partial charge < -0.3 is 20.1 Å². The van der Waals surface area contributed by atoms with Crippen molar-refractivity contribution in [2.75, 3.05) is 26.1 Å². The summed E-state index contributed by atoms with van der Waals surface area (Å²) in [5.41, 5.74) is 3.97. The number of carbonyl (C=O) groups is 1. The Kier molecular flexibility index (Phi) is 6.15. The molecule has 0 spiro atoms. The van der Waals surface area contributed by atoms with Gasteiger partial charge in [0.15, 0.2) is 11.5 Å². The molecule has 134 valence electrons. The summed E-state index contributed by atoms with van der Waals surface area (Å²) < 4.78 is 10.6. The molecular weight excluding hydrogens is 340 g/mol. The van der Waals surface area contributed by atoms with Crippen molar-refractivity contribution in [3.05, 3.63) is 53.1 Å². The van der Waals surface area contributed by atoms with Crippen molar-refractivity contribution < 1.29 is 14.3 Å². The molecule has 25 heavy (non-hydrogen) atoms. The van der Waals surface area contributed by atoms with Crippen LogP contribution in [0.4, 0.5) is 5.69 Å². The van der Waals surface area contributed by atoms with Gasteiger partial charge >= 0.3 is 0 Å². The second-order valence-electron chi connectivity index (χ2n) is 5.86. The quantitative estimate of drug-likeness (QED) is 0.853. The summed E-state index contributed by atoms with van der Waals surface area (Å²) in [6.07, 6.45) is 0.960. The Balaban J connectivity index is 0.00000225. The molecule has 3 rings (SSSR count). The lowest BCUT2D eigenvalue weighted by Gasteiger charge is -2.17. The molecule has 6 heteroatoms. The topological polar surface area (TPSA) is 59.6 Å². The van der Waals surface area contributed by atoms with Gasteiger partial charge in [0.1, 0.15) is 0 Å². The number of rotatable bonds is 5. The molecule has 1 amide bonds. The second kappa shape index (κ2) is 8.12. The first-order chi connectivity index (χ1) is 11.6. The third-order valence-electron chi connectivity index (χ3n) is 4.33. The predicted molar refractivity (Wildman–Crippen MR) is 101 cm³/mol. The number of amides is 1. The van der Waals surface area contributed by atoms with E-state index in [0.29, 0.717) is 17.1 Å². The number of hydrogen-bond acceptors (Lipinski definition) is 4. The first-order valence-corrected chi connectivity index (χ1v) is 8.02. The third kappa shape index (κ3) is 3.99. The average molecular weight is 363 g/mol. The Hall–Kier alpha value is -2.40. The van der Waals surface area contributed by atoms with E-state index in [4.69, 9.17) is 9.47 Å². The monoisotopic (exact) mass is 362 g/mol. The minimum atomic E-state index is -0.135. The second-order valence-corrected chi connectivity index (χ2v) is 5.86. The molecule has 2 N–H and O–H groups in total. The molecule has 0 saturated heterocycles. The zero-order chi connectivity index (χ0) is 17.1. The van der Waals surface area contributed by atoms with Crippen LogP contribution in [0.15, 0.2) is 36.4 Å². The van der Waals surface area contributed by atoms with Crippen LogP contribution in [-0.2, 0) is 6.42 Å². The first-order valence-electron chi connectivity index (χ1n) is 8.02. The maximum absolute atomic E-state index is 12.5. The van der Waals surface area contributed by atoms with Crippen LogP contribution >= 0.6 is 12.4 Å².